The first-order valence-electron chi connectivity index (χ1n) is 6.92. The second-order valence-electron chi connectivity index (χ2n) is 4.74. The van der Waals surface area contributed by atoms with Gasteiger partial charge in [0.1, 0.15) is 16.2 Å². The van der Waals surface area contributed by atoms with Crippen molar-refractivity contribution >= 4 is 61.4 Å². The third kappa shape index (κ3) is 2.98. The van der Waals surface area contributed by atoms with E-state index < -0.39 is 0 Å². The molecule has 5 nitrogen and oxygen atoms in total. The maximum atomic E-state index is 6.00. The van der Waals surface area contributed by atoms with Gasteiger partial charge in [0.25, 0.3) is 0 Å². The first kappa shape index (κ1) is 15.8. The summed E-state index contributed by atoms with van der Waals surface area (Å²) >= 11 is 10.6. The minimum atomic E-state index is 0.720. The number of thiophene rings is 1. The number of anilines is 1. The summed E-state index contributed by atoms with van der Waals surface area (Å²) in [5, 5.41) is 16.8. The highest BCUT2D eigenvalue weighted by molar-refractivity contribution is 8.01. The summed E-state index contributed by atoms with van der Waals surface area (Å²) in [5.41, 5.74) is 2.20. The maximum Gasteiger partial charge on any atom is 0.206 e. The normalized spacial score (nSPS) is 11.1. The van der Waals surface area contributed by atoms with Gasteiger partial charge in [-0.1, -0.05) is 35.1 Å². The molecule has 0 saturated heterocycles. The van der Waals surface area contributed by atoms with Crippen molar-refractivity contribution in [2.75, 3.05) is 12.4 Å². The van der Waals surface area contributed by atoms with E-state index in [1.807, 2.05) is 31.3 Å². The lowest BCUT2D eigenvalue weighted by molar-refractivity contribution is 1.01. The van der Waals surface area contributed by atoms with Crippen LogP contribution in [0.3, 0.4) is 0 Å². The average molecular weight is 392 g/mol. The van der Waals surface area contributed by atoms with Crippen molar-refractivity contribution in [3.8, 4) is 11.1 Å². The van der Waals surface area contributed by atoms with Crippen LogP contribution in [0.5, 0.6) is 0 Å². The van der Waals surface area contributed by atoms with Crippen molar-refractivity contribution in [3.63, 3.8) is 0 Å². The Morgan fingerprint density at radius 2 is 1.96 bits per heavy atom. The van der Waals surface area contributed by atoms with E-state index in [1.165, 1.54) is 23.1 Å². The molecule has 0 aliphatic carbocycles. The van der Waals surface area contributed by atoms with Crippen molar-refractivity contribution in [2.45, 2.75) is 9.37 Å². The van der Waals surface area contributed by atoms with Gasteiger partial charge in [0, 0.05) is 23.0 Å². The van der Waals surface area contributed by atoms with Crippen LogP contribution in [0.2, 0.25) is 5.02 Å². The van der Waals surface area contributed by atoms with Crippen LogP contribution in [0, 0.1) is 0 Å². The highest BCUT2D eigenvalue weighted by Crippen LogP contribution is 2.41. The van der Waals surface area contributed by atoms with E-state index in [0.717, 1.165) is 40.9 Å². The Morgan fingerprint density at radius 1 is 1.12 bits per heavy atom. The zero-order chi connectivity index (χ0) is 16.5. The molecule has 24 heavy (non-hydrogen) atoms. The zero-order valence-corrected chi connectivity index (χ0v) is 15.6. The third-order valence-electron chi connectivity index (χ3n) is 3.29. The van der Waals surface area contributed by atoms with Gasteiger partial charge in [-0.25, -0.2) is 9.97 Å². The zero-order valence-electron chi connectivity index (χ0n) is 12.4. The van der Waals surface area contributed by atoms with Crippen molar-refractivity contribution in [1.29, 1.82) is 0 Å². The van der Waals surface area contributed by atoms with Crippen LogP contribution in [0.4, 0.5) is 5.13 Å². The molecular formula is C15H10ClN5S3. The lowest BCUT2D eigenvalue weighted by Gasteiger charge is -2.03. The van der Waals surface area contributed by atoms with Crippen molar-refractivity contribution in [2.24, 2.45) is 0 Å². The number of rotatable bonds is 4. The largest absolute Gasteiger partial charge is 0.363 e. The highest BCUT2D eigenvalue weighted by atomic mass is 35.5. The van der Waals surface area contributed by atoms with E-state index in [4.69, 9.17) is 11.6 Å². The standard InChI is InChI=1S/C15H10ClN5S3/c1-17-14-20-21-15(24-14)23-13-11-10(6-22-12(11)18-7-19-13)8-2-4-9(16)5-3-8/h2-7H,1H3,(H,17,20). The topological polar surface area (TPSA) is 63.6 Å². The summed E-state index contributed by atoms with van der Waals surface area (Å²) in [7, 11) is 1.83. The van der Waals surface area contributed by atoms with Crippen molar-refractivity contribution in [3.05, 3.63) is 41.0 Å². The van der Waals surface area contributed by atoms with Gasteiger partial charge in [-0.3, -0.25) is 0 Å². The Hall–Kier alpha value is -1.74. The smallest absolute Gasteiger partial charge is 0.206 e. The summed E-state index contributed by atoms with van der Waals surface area (Å²) in [6.45, 7) is 0. The number of halogens is 1. The lowest BCUT2D eigenvalue weighted by Crippen LogP contribution is -1.86. The summed E-state index contributed by atoms with van der Waals surface area (Å²) in [6.07, 6.45) is 1.59. The predicted molar refractivity (Wildman–Crippen MR) is 101 cm³/mol. The van der Waals surface area contributed by atoms with Crippen molar-refractivity contribution < 1.29 is 0 Å². The van der Waals surface area contributed by atoms with Crippen molar-refractivity contribution in [1.82, 2.24) is 20.2 Å². The summed E-state index contributed by atoms with van der Waals surface area (Å²) in [5.74, 6) is 0. The fourth-order valence-corrected chi connectivity index (χ4v) is 5.03. The number of nitrogens with one attached hydrogen (secondary N) is 1. The van der Waals surface area contributed by atoms with Gasteiger partial charge >= 0.3 is 0 Å². The van der Waals surface area contributed by atoms with Crippen LogP contribution in [-0.4, -0.2) is 27.2 Å². The van der Waals surface area contributed by atoms with Crippen LogP contribution in [0.15, 0.2) is 45.3 Å². The van der Waals surface area contributed by atoms with E-state index in [-0.39, 0.29) is 0 Å². The molecule has 0 radical (unpaired) electrons. The molecule has 4 rings (SSSR count). The third-order valence-corrected chi connectivity index (χ3v) is 6.43. The van der Waals surface area contributed by atoms with E-state index >= 15 is 0 Å². The number of fused-ring (bicyclic) bond motifs is 1. The predicted octanol–water partition coefficient (Wildman–Crippen LogP) is 5.06. The second-order valence-corrected chi connectivity index (χ2v) is 8.25. The molecule has 1 aromatic carbocycles. The molecule has 3 heterocycles. The molecule has 0 aliphatic heterocycles. The number of benzene rings is 1. The van der Waals surface area contributed by atoms with Gasteiger partial charge in [-0.05, 0) is 29.5 Å². The van der Waals surface area contributed by atoms with Crippen LogP contribution in [-0.2, 0) is 0 Å². The van der Waals surface area contributed by atoms with Gasteiger partial charge in [0.15, 0.2) is 4.34 Å². The number of hydrogen-bond donors (Lipinski definition) is 1. The average Bonchev–Trinajstić information content (AvgIpc) is 3.23. The van der Waals surface area contributed by atoms with Crippen LogP contribution < -0.4 is 5.32 Å². The number of aromatic nitrogens is 4. The first-order valence-corrected chi connectivity index (χ1v) is 9.81. The molecule has 0 saturated carbocycles. The maximum absolute atomic E-state index is 6.00. The van der Waals surface area contributed by atoms with Gasteiger partial charge < -0.3 is 5.32 Å². The summed E-state index contributed by atoms with van der Waals surface area (Å²) in [6, 6.07) is 7.80. The Morgan fingerprint density at radius 3 is 2.71 bits per heavy atom. The van der Waals surface area contributed by atoms with Gasteiger partial charge in [0.05, 0.1) is 5.39 Å². The van der Waals surface area contributed by atoms with E-state index in [1.54, 1.807) is 17.7 Å². The van der Waals surface area contributed by atoms with E-state index in [9.17, 15) is 0 Å². The monoisotopic (exact) mass is 391 g/mol. The molecule has 0 amide bonds. The minimum absolute atomic E-state index is 0.720. The van der Waals surface area contributed by atoms with E-state index in [0.29, 0.717) is 0 Å². The molecule has 0 fully saturated rings. The SMILES string of the molecule is CNc1nnc(Sc2ncnc3scc(-c4ccc(Cl)cc4)c23)s1. The Labute approximate surface area is 155 Å². The molecule has 1 N–H and O–H groups in total. The molecule has 9 heteroatoms. The molecule has 0 aliphatic rings. The van der Waals surface area contributed by atoms with E-state index in [2.05, 4.69) is 30.9 Å². The Kier molecular flexibility index (Phi) is 4.36. The Balaban J connectivity index is 1.80. The number of hydrogen-bond acceptors (Lipinski definition) is 8. The molecule has 0 atom stereocenters. The highest BCUT2D eigenvalue weighted by Gasteiger charge is 2.16. The minimum Gasteiger partial charge on any atom is -0.363 e. The fraction of sp³-hybridized carbons (Fsp3) is 0.0667. The second kappa shape index (κ2) is 6.64. The van der Waals surface area contributed by atoms with Crippen LogP contribution in [0.1, 0.15) is 0 Å². The van der Waals surface area contributed by atoms with Crippen LogP contribution >= 0.6 is 46.0 Å². The quantitative estimate of drug-likeness (QED) is 0.491. The summed E-state index contributed by atoms with van der Waals surface area (Å²) in [4.78, 5) is 9.81. The van der Waals surface area contributed by atoms with Gasteiger partial charge in [0.2, 0.25) is 5.13 Å². The van der Waals surface area contributed by atoms with Gasteiger partial charge in [-0.2, -0.15) is 0 Å². The molecule has 3 aromatic heterocycles. The molecule has 0 spiro atoms. The molecule has 120 valence electrons. The Bertz CT molecular complexity index is 996. The fourth-order valence-electron chi connectivity index (χ4n) is 2.20. The molecular weight excluding hydrogens is 382 g/mol. The lowest BCUT2D eigenvalue weighted by atomic mass is 10.1. The summed E-state index contributed by atoms with van der Waals surface area (Å²) < 4.78 is 0.840. The van der Waals surface area contributed by atoms with Gasteiger partial charge in [-0.15, -0.1) is 21.5 Å². The number of nitrogens with zero attached hydrogens (tertiary/aromatic N) is 4. The molecule has 4 aromatic rings. The molecule has 0 bridgehead atoms. The molecule has 0 unspecified atom stereocenters. The first-order chi connectivity index (χ1) is 11.7. The van der Waals surface area contributed by atoms with Crippen LogP contribution in [0.25, 0.3) is 21.3 Å².